The number of amides is 1. The van der Waals surface area contributed by atoms with Gasteiger partial charge >= 0.3 is 0 Å². The molecule has 4 heteroatoms. The van der Waals surface area contributed by atoms with Crippen LogP contribution in [0.15, 0.2) is 36.4 Å². The van der Waals surface area contributed by atoms with Gasteiger partial charge in [-0.3, -0.25) is 4.79 Å². The van der Waals surface area contributed by atoms with Gasteiger partial charge in [-0.05, 0) is 18.2 Å². The van der Waals surface area contributed by atoms with Crippen molar-refractivity contribution < 1.29 is 4.79 Å². The van der Waals surface area contributed by atoms with Crippen molar-refractivity contribution in [1.29, 1.82) is 0 Å². The first kappa shape index (κ1) is 10.3. The molecule has 1 aromatic heterocycles. The Morgan fingerprint density at radius 2 is 1.88 bits per heavy atom. The number of primary amides is 1. The quantitative estimate of drug-likeness (QED) is 0.742. The monoisotopic (exact) mass is 215 g/mol. The van der Waals surface area contributed by atoms with Crippen LogP contribution in [0.25, 0.3) is 11.3 Å². The molecule has 2 rings (SSSR count). The first-order valence-electron chi connectivity index (χ1n) is 4.91. The van der Waals surface area contributed by atoms with Crippen molar-refractivity contribution >= 4 is 11.6 Å². The number of nitrogens with zero attached hydrogens (tertiary/aromatic N) is 1. The summed E-state index contributed by atoms with van der Waals surface area (Å²) in [5, 5.41) is 0. The number of anilines is 1. The first-order chi connectivity index (χ1) is 7.61. The molecule has 0 atom stereocenters. The molecule has 0 saturated heterocycles. The third-order valence-corrected chi connectivity index (χ3v) is 2.61. The molecule has 1 heterocycles. The summed E-state index contributed by atoms with van der Waals surface area (Å²) in [6, 6.07) is 11.1. The molecule has 0 aliphatic carbocycles. The predicted octanol–water partition coefficient (Wildman–Crippen LogP) is 1.37. The smallest absolute Gasteiger partial charge is 0.265 e. The second kappa shape index (κ2) is 3.73. The second-order valence-corrected chi connectivity index (χ2v) is 3.61. The van der Waals surface area contributed by atoms with E-state index in [1.54, 1.807) is 17.7 Å². The van der Waals surface area contributed by atoms with Crippen molar-refractivity contribution in [3.63, 3.8) is 0 Å². The third-order valence-electron chi connectivity index (χ3n) is 2.61. The fraction of sp³-hybridized carbons (Fsp3) is 0.0833. The fourth-order valence-electron chi connectivity index (χ4n) is 1.76. The Labute approximate surface area is 93.5 Å². The Hall–Kier alpha value is -2.23. The molecule has 0 bridgehead atoms. The van der Waals surface area contributed by atoms with Gasteiger partial charge in [0.1, 0.15) is 5.69 Å². The second-order valence-electron chi connectivity index (χ2n) is 3.61. The highest BCUT2D eigenvalue weighted by molar-refractivity contribution is 5.93. The standard InChI is InChI=1S/C12H13N3O/c1-15-10(6-7-11(15)12(14)16)8-4-2-3-5-9(8)13/h2-7H,13H2,1H3,(H2,14,16). The molecule has 16 heavy (non-hydrogen) atoms. The summed E-state index contributed by atoms with van der Waals surface area (Å²) in [6.07, 6.45) is 0. The van der Waals surface area contributed by atoms with Crippen LogP contribution in [0.3, 0.4) is 0 Å². The Bertz CT molecular complexity index is 543. The number of benzene rings is 1. The summed E-state index contributed by atoms with van der Waals surface area (Å²) in [5.41, 5.74) is 14.1. The minimum atomic E-state index is -0.441. The van der Waals surface area contributed by atoms with E-state index >= 15 is 0 Å². The average Bonchev–Trinajstić information content (AvgIpc) is 2.61. The van der Waals surface area contributed by atoms with Crippen molar-refractivity contribution in [3.05, 3.63) is 42.1 Å². The van der Waals surface area contributed by atoms with Crippen molar-refractivity contribution in [3.8, 4) is 11.3 Å². The summed E-state index contributed by atoms with van der Waals surface area (Å²) < 4.78 is 1.74. The highest BCUT2D eigenvalue weighted by Gasteiger charge is 2.11. The largest absolute Gasteiger partial charge is 0.398 e. The lowest BCUT2D eigenvalue weighted by atomic mass is 10.1. The Kier molecular flexibility index (Phi) is 2.40. The van der Waals surface area contributed by atoms with Crippen LogP contribution in [0.5, 0.6) is 0 Å². The Morgan fingerprint density at radius 1 is 1.19 bits per heavy atom. The molecular formula is C12H13N3O. The molecular weight excluding hydrogens is 202 g/mol. The van der Waals surface area contributed by atoms with Crippen LogP contribution in [0, 0.1) is 0 Å². The van der Waals surface area contributed by atoms with Crippen LogP contribution in [0.4, 0.5) is 5.69 Å². The van der Waals surface area contributed by atoms with E-state index in [2.05, 4.69) is 0 Å². The normalized spacial score (nSPS) is 10.3. The Morgan fingerprint density at radius 3 is 2.44 bits per heavy atom. The van der Waals surface area contributed by atoms with Gasteiger partial charge < -0.3 is 16.0 Å². The molecule has 1 aromatic carbocycles. The van der Waals surface area contributed by atoms with Gasteiger partial charge in [0, 0.05) is 18.3 Å². The summed E-state index contributed by atoms with van der Waals surface area (Å²) in [7, 11) is 1.79. The molecule has 0 fully saturated rings. The summed E-state index contributed by atoms with van der Waals surface area (Å²) in [4.78, 5) is 11.1. The maximum absolute atomic E-state index is 11.1. The molecule has 4 N–H and O–H groups in total. The van der Waals surface area contributed by atoms with Crippen molar-refractivity contribution in [2.24, 2.45) is 12.8 Å². The minimum absolute atomic E-state index is 0.441. The minimum Gasteiger partial charge on any atom is -0.398 e. The topological polar surface area (TPSA) is 74.0 Å². The zero-order chi connectivity index (χ0) is 11.7. The Balaban J connectivity index is 2.58. The average molecular weight is 215 g/mol. The molecule has 0 saturated carbocycles. The lowest BCUT2D eigenvalue weighted by Gasteiger charge is -2.08. The molecule has 0 aliphatic rings. The third kappa shape index (κ3) is 1.54. The van der Waals surface area contributed by atoms with E-state index in [0.29, 0.717) is 11.4 Å². The molecule has 0 unspecified atom stereocenters. The number of aromatic nitrogens is 1. The first-order valence-corrected chi connectivity index (χ1v) is 4.91. The van der Waals surface area contributed by atoms with Crippen LogP contribution >= 0.6 is 0 Å². The number of nitrogens with two attached hydrogens (primary N) is 2. The molecule has 1 amide bonds. The molecule has 0 spiro atoms. The van der Waals surface area contributed by atoms with Crippen LogP contribution < -0.4 is 11.5 Å². The van der Waals surface area contributed by atoms with Crippen molar-refractivity contribution in [2.45, 2.75) is 0 Å². The summed E-state index contributed by atoms with van der Waals surface area (Å²) in [5.74, 6) is -0.441. The van der Waals surface area contributed by atoms with Gasteiger partial charge in [-0.25, -0.2) is 0 Å². The lowest BCUT2D eigenvalue weighted by Crippen LogP contribution is -2.15. The van der Waals surface area contributed by atoms with Crippen LogP contribution in [-0.4, -0.2) is 10.5 Å². The van der Waals surface area contributed by atoms with Gasteiger partial charge in [0.15, 0.2) is 0 Å². The SMILES string of the molecule is Cn1c(C(N)=O)ccc1-c1ccccc1N. The van der Waals surface area contributed by atoms with E-state index in [-0.39, 0.29) is 0 Å². The molecule has 82 valence electrons. The van der Waals surface area contributed by atoms with E-state index in [9.17, 15) is 4.79 Å². The fourth-order valence-corrected chi connectivity index (χ4v) is 1.76. The van der Waals surface area contributed by atoms with E-state index < -0.39 is 5.91 Å². The molecule has 0 aliphatic heterocycles. The highest BCUT2D eigenvalue weighted by atomic mass is 16.1. The number of hydrogen-bond acceptors (Lipinski definition) is 2. The number of carbonyl (C=O) groups excluding carboxylic acids is 1. The van der Waals surface area contributed by atoms with Gasteiger partial charge in [-0.1, -0.05) is 18.2 Å². The van der Waals surface area contributed by atoms with Crippen LogP contribution in [-0.2, 0) is 7.05 Å². The van der Waals surface area contributed by atoms with Crippen LogP contribution in [0.1, 0.15) is 10.5 Å². The van der Waals surface area contributed by atoms with Gasteiger partial charge in [0.05, 0.1) is 5.69 Å². The van der Waals surface area contributed by atoms with E-state index in [1.807, 2.05) is 30.3 Å². The summed E-state index contributed by atoms with van der Waals surface area (Å²) >= 11 is 0. The van der Waals surface area contributed by atoms with Gasteiger partial charge in [-0.2, -0.15) is 0 Å². The zero-order valence-corrected chi connectivity index (χ0v) is 8.97. The van der Waals surface area contributed by atoms with E-state index in [4.69, 9.17) is 11.5 Å². The zero-order valence-electron chi connectivity index (χ0n) is 8.97. The van der Waals surface area contributed by atoms with Gasteiger partial charge in [-0.15, -0.1) is 0 Å². The molecule has 2 aromatic rings. The number of nitrogen functional groups attached to an aromatic ring is 1. The lowest BCUT2D eigenvalue weighted by molar-refractivity contribution is 0.0993. The highest BCUT2D eigenvalue weighted by Crippen LogP contribution is 2.26. The predicted molar refractivity (Wildman–Crippen MR) is 63.8 cm³/mol. The maximum atomic E-state index is 11.1. The molecule has 0 radical (unpaired) electrons. The van der Waals surface area contributed by atoms with Crippen molar-refractivity contribution in [2.75, 3.05) is 5.73 Å². The number of rotatable bonds is 2. The van der Waals surface area contributed by atoms with Crippen molar-refractivity contribution in [1.82, 2.24) is 4.57 Å². The molecule has 4 nitrogen and oxygen atoms in total. The van der Waals surface area contributed by atoms with Crippen LogP contribution in [0.2, 0.25) is 0 Å². The van der Waals surface area contributed by atoms with E-state index in [0.717, 1.165) is 11.3 Å². The number of carbonyl (C=O) groups is 1. The van der Waals surface area contributed by atoms with Gasteiger partial charge in [0.25, 0.3) is 5.91 Å². The van der Waals surface area contributed by atoms with E-state index in [1.165, 1.54) is 0 Å². The summed E-state index contributed by atoms with van der Waals surface area (Å²) in [6.45, 7) is 0. The number of hydrogen-bond donors (Lipinski definition) is 2. The number of para-hydroxylation sites is 1. The maximum Gasteiger partial charge on any atom is 0.265 e. The van der Waals surface area contributed by atoms with Gasteiger partial charge in [0.2, 0.25) is 0 Å².